The Labute approximate surface area is 143 Å². The molecule has 0 radical (unpaired) electrons. The van der Waals surface area contributed by atoms with E-state index in [0.29, 0.717) is 18.1 Å². The maximum absolute atomic E-state index is 10.6. The predicted molar refractivity (Wildman–Crippen MR) is 81.1 cm³/mol. The minimum atomic E-state index is -5.08. The number of ether oxygens (including phenoxy) is 2. The highest BCUT2D eigenvalue weighted by atomic mass is 19.4. The molecule has 0 saturated carbocycles. The Bertz CT molecular complexity index is 574. The zero-order valence-electron chi connectivity index (χ0n) is 14.1. The van der Waals surface area contributed by atoms with E-state index in [4.69, 9.17) is 23.8 Å². The number of aliphatic carboxylic acids is 1. The van der Waals surface area contributed by atoms with Crippen LogP contribution in [-0.4, -0.2) is 61.2 Å². The van der Waals surface area contributed by atoms with Gasteiger partial charge in [-0.2, -0.15) is 13.2 Å². The zero-order chi connectivity index (χ0) is 18.6. The minimum absolute atomic E-state index is 0.304. The molecule has 0 amide bonds. The van der Waals surface area contributed by atoms with Crippen molar-refractivity contribution in [2.75, 3.05) is 26.9 Å². The second kappa shape index (κ2) is 8.20. The first-order valence-electron chi connectivity index (χ1n) is 7.98. The van der Waals surface area contributed by atoms with Gasteiger partial charge in [0.05, 0.1) is 25.9 Å². The van der Waals surface area contributed by atoms with Crippen molar-refractivity contribution in [1.82, 2.24) is 4.90 Å². The van der Waals surface area contributed by atoms with Crippen molar-refractivity contribution < 1.29 is 37.0 Å². The van der Waals surface area contributed by atoms with E-state index in [9.17, 15) is 13.2 Å². The number of methoxy groups -OCH3 is 1. The lowest BCUT2D eigenvalue weighted by Crippen LogP contribution is -2.32. The van der Waals surface area contributed by atoms with Crippen LogP contribution in [0.25, 0.3) is 0 Å². The normalized spacial score (nSPS) is 26.2. The summed E-state index contributed by atoms with van der Waals surface area (Å²) in [6.45, 7) is 5.62. The molecular weight excluding hydrogens is 343 g/mol. The van der Waals surface area contributed by atoms with Gasteiger partial charge in [0.1, 0.15) is 11.5 Å². The Balaban J connectivity index is 0.000000277. The fraction of sp³-hybridized carbons (Fsp3) is 0.688. The molecule has 6 nitrogen and oxygen atoms in total. The molecule has 3 atom stereocenters. The van der Waals surface area contributed by atoms with Gasteiger partial charge in [-0.3, -0.25) is 4.90 Å². The number of hydrogen-bond acceptors (Lipinski definition) is 5. The van der Waals surface area contributed by atoms with E-state index >= 15 is 0 Å². The van der Waals surface area contributed by atoms with E-state index in [1.54, 1.807) is 7.11 Å². The number of nitrogens with zero attached hydrogens (tertiary/aromatic N) is 1. The number of halogens is 3. The highest BCUT2D eigenvalue weighted by molar-refractivity contribution is 5.73. The maximum Gasteiger partial charge on any atom is 0.490 e. The molecule has 0 aliphatic carbocycles. The number of likely N-dealkylation sites (tertiary alicyclic amines) is 1. The molecule has 0 unspecified atom stereocenters. The van der Waals surface area contributed by atoms with Crippen molar-refractivity contribution in [2.24, 2.45) is 5.92 Å². The van der Waals surface area contributed by atoms with E-state index in [0.717, 1.165) is 44.2 Å². The number of furan rings is 1. The van der Waals surface area contributed by atoms with Crippen LogP contribution in [0, 0.1) is 5.92 Å². The molecule has 0 aromatic carbocycles. The maximum atomic E-state index is 10.6. The van der Waals surface area contributed by atoms with Crippen molar-refractivity contribution in [3.05, 3.63) is 23.7 Å². The molecule has 0 bridgehead atoms. The predicted octanol–water partition coefficient (Wildman–Crippen LogP) is 2.32. The monoisotopic (exact) mass is 365 g/mol. The topological polar surface area (TPSA) is 72.1 Å². The number of carboxylic acid groups (broad SMARTS) is 1. The third kappa shape index (κ3) is 4.96. The molecule has 2 fully saturated rings. The van der Waals surface area contributed by atoms with Crippen molar-refractivity contribution in [3.63, 3.8) is 0 Å². The lowest BCUT2D eigenvalue weighted by atomic mass is 10.0. The first-order chi connectivity index (χ1) is 11.8. The van der Waals surface area contributed by atoms with Gasteiger partial charge in [0.25, 0.3) is 0 Å². The van der Waals surface area contributed by atoms with Crippen molar-refractivity contribution in [3.8, 4) is 0 Å². The molecule has 142 valence electrons. The molecule has 2 saturated heterocycles. The Kier molecular flexibility index (Phi) is 6.47. The average molecular weight is 365 g/mol. The number of carbonyl (C=O) groups is 1. The smallest absolute Gasteiger partial charge is 0.475 e. The SMILES string of the molecule is CCc1ccc(CN2C[C@H](OC)[C@H]3COC[C@H]32)o1.O=C(O)C(F)(F)F. The van der Waals surface area contributed by atoms with Gasteiger partial charge in [0, 0.05) is 32.0 Å². The fourth-order valence-corrected chi connectivity index (χ4v) is 3.12. The van der Waals surface area contributed by atoms with Crippen LogP contribution in [0.2, 0.25) is 0 Å². The summed E-state index contributed by atoms with van der Waals surface area (Å²) < 4.78 is 48.7. The summed E-state index contributed by atoms with van der Waals surface area (Å²) >= 11 is 0. The summed E-state index contributed by atoms with van der Waals surface area (Å²) in [7, 11) is 1.80. The Hall–Kier alpha value is -1.58. The van der Waals surface area contributed by atoms with Gasteiger partial charge in [-0.1, -0.05) is 6.92 Å². The van der Waals surface area contributed by atoms with Crippen molar-refractivity contribution in [2.45, 2.75) is 38.2 Å². The van der Waals surface area contributed by atoms with Crippen LogP contribution in [0.1, 0.15) is 18.4 Å². The molecule has 3 heterocycles. The minimum Gasteiger partial charge on any atom is -0.475 e. The third-order valence-electron chi connectivity index (χ3n) is 4.42. The number of rotatable bonds is 4. The number of fused-ring (bicyclic) bond motifs is 1. The van der Waals surface area contributed by atoms with E-state index < -0.39 is 12.1 Å². The first kappa shape index (κ1) is 19.7. The molecule has 1 aromatic rings. The van der Waals surface area contributed by atoms with Crippen LogP contribution in [0.5, 0.6) is 0 Å². The van der Waals surface area contributed by atoms with Gasteiger partial charge < -0.3 is 19.0 Å². The van der Waals surface area contributed by atoms with Crippen LogP contribution < -0.4 is 0 Å². The number of alkyl halides is 3. The van der Waals surface area contributed by atoms with E-state index in [1.165, 1.54) is 0 Å². The second-order valence-electron chi connectivity index (χ2n) is 6.00. The molecular formula is C16H22F3NO5. The van der Waals surface area contributed by atoms with Gasteiger partial charge in [0.2, 0.25) is 0 Å². The molecule has 2 aliphatic rings. The van der Waals surface area contributed by atoms with Crippen LogP contribution in [0.15, 0.2) is 16.5 Å². The van der Waals surface area contributed by atoms with Crippen molar-refractivity contribution in [1.29, 1.82) is 0 Å². The molecule has 1 aromatic heterocycles. The highest BCUT2D eigenvalue weighted by Crippen LogP contribution is 2.33. The summed E-state index contributed by atoms with van der Waals surface area (Å²) in [6, 6.07) is 4.65. The number of carboxylic acids is 1. The van der Waals surface area contributed by atoms with Crippen LogP contribution >= 0.6 is 0 Å². The number of aryl methyl sites for hydroxylation is 1. The summed E-state index contributed by atoms with van der Waals surface area (Å²) in [5, 5.41) is 7.12. The van der Waals surface area contributed by atoms with E-state index in [-0.39, 0.29) is 0 Å². The molecule has 0 spiro atoms. The fourth-order valence-electron chi connectivity index (χ4n) is 3.12. The standard InChI is InChI=1S/C14H21NO3.C2HF3O2/c1-3-10-4-5-11(18-10)6-15-7-14(16-2)12-8-17-9-13(12)15;3-2(4,5)1(6)7/h4-5,12-14H,3,6-9H2,1-2H3;(H,6,7)/t12-,13+,14-;/m0./s1. The van der Waals surface area contributed by atoms with E-state index in [1.807, 2.05) is 0 Å². The average Bonchev–Trinajstić information content (AvgIpc) is 3.24. The third-order valence-corrected chi connectivity index (χ3v) is 4.42. The quantitative estimate of drug-likeness (QED) is 0.883. The lowest BCUT2D eigenvalue weighted by molar-refractivity contribution is -0.192. The molecule has 3 rings (SSSR count). The Morgan fingerprint density at radius 3 is 2.52 bits per heavy atom. The highest BCUT2D eigenvalue weighted by Gasteiger charge is 2.45. The van der Waals surface area contributed by atoms with Crippen LogP contribution in [0.3, 0.4) is 0 Å². The molecule has 25 heavy (non-hydrogen) atoms. The Morgan fingerprint density at radius 2 is 2.00 bits per heavy atom. The first-order valence-corrected chi connectivity index (χ1v) is 7.98. The Morgan fingerprint density at radius 1 is 1.36 bits per heavy atom. The molecule has 1 N–H and O–H groups in total. The second-order valence-corrected chi connectivity index (χ2v) is 6.00. The van der Waals surface area contributed by atoms with Gasteiger partial charge in [0.15, 0.2) is 0 Å². The largest absolute Gasteiger partial charge is 0.490 e. The summed E-state index contributed by atoms with van der Waals surface area (Å²) in [4.78, 5) is 11.3. The van der Waals surface area contributed by atoms with Crippen molar-refractivity contribution >= 4 is 5.97 Å². The van der Waals surface area contributed by atoms with Gasteiger partial charge in [-0.25, -0.2) is 4.79 Å². The zero-order valence-corrected chi connectivity index (χ0v) is 14.1. The van der Waals surface area contributed by atoms with Gasteiger partial charge in [-0.15, -0.1) is 0 Å². The molecule has 9 heteroatoms. The van der Waals surface area contributed by atoms with Crippen LogP contribution in [-0.2, 0) is 27.2 Å². The van der Waals surface area contributed by atoms with Gasteiger partial charge in [-0.05, 0) is 12.1 Å². The van der Waals surface area contributed by atoms with Crippen LogP contribution in [0.4, 0.5) is 13.2 Å². The summed E-state index contributed by atoms with van der Waals surface area (Å²) in [5.74, 6) is -0.121. The van der Waals surface area contributed by atoms with E-state index in [2.05, 4.69) is 24.0 Å². The number of hydrogen-bond donors (Lipinski definition) is 1. The summed E-state index contributed by atoms with van der Waals surface area (Å²) in [6.07, 6.45) is -3.83. The van der Waals surface area contributed by atoms with Gasteiger partial charge >= 0.3 is 12.1 Å². The molecule has 2 aliphatic heterocycles. The lowest BCUT2D eigenvalue weighted by Gasteiger charge is -2.20. The summed E-state index contributed by atoms with van der Waals surface area (Å²) in [5.41, 5.74) is 0.